The second kappa shape index (κ2) is 7.29. The van der Waals surface area contributed by atoms with Gasteiger partial charge in [0, 0.05) is 23.0 Å². The van der Waals surface area contributed by atoms with Crippen LogP contribution in [0.3, 0.4) is 0 Å². The van der Waals surface area contributed by atoms with E-state index in [-0.39, 0.29) is 11.5 Å². The van der Waals surface area contributed by atoms with Gasteiger partial charge in [0.1, 0.15) is 5.82 Å². The number of hydrogen-bond donors (Lipinski definition) is 0. The smallest absolute Gasteiger partial charge is 0.281 e. The van der Waals surface area contributed by atoms with Crippen molar-refractivity contribution in [3.05, 3.63) is 100 Å². The molecular weight excluding hydrogens is 398 g/mol. The fraction of sp³-hybridized carbons (Fsp3) is 0.0909. The third-order valence-electron chi connectivity index (χ3n) is 4.76. The molecule has 0 aliphatic rings. The molecule has 0 bridgehead atoms. The van der Waals surface area contributed by atoms with Gasteiger partial charge < -0.3 is 0 Å². The van der Waals surface area contributed by atoms with E-state index in [1.807, 2.05) is 0 Å². The number of halogens is 4. The third-order valence-corrected chi connectivity index (χ3v) is 4.76. The van der Waals surface area contributed by atoms with Crippen molar-refractivity contribution in [2.75, 3.05) is 0 Å². The number of rotatable bonds is 3. The monoisotopic (exact) mass is 413 g/mol. The van der Waals surface area contributed by atoms with E-state index >= 15 is 0 Å². The first kappa shape index (κ1) is 19.6. The molecule has 0 atom stereocenters. The SMILES string of the molecule is Cc1c(-c2ccnn2-c2ccc(F)cc2)ccc(=O)n1-c1cccc(C(F)(F)F)c1. The molecule has 0 aliphatic carbocycles. The van der Waals surface area contributed by atoms with Gasteiger partial charge in [-0.2, -0.15) is 18.3 Å². The normalized spacial score (nSPS) is 11.6. The summed E-state index contributed by atoms with van der Waals surface area (Å²) in [6.07, 6.45) is -2.97. The molecule has 0 amide bonds. The standard InChI is InChI=1S/C22H15F4N3O/c1-14-19(20-11-12-27-29(20)17-7-5-16(23)6-8-17)9-10-21(30)28(14)18-4-2-3-15(13-18)22(24,25)26/h2-13H,1H3. The molecule has 0 saturated carbocycles. The molecule has 0 unspecified atom stereocenters. The molecule has 4 rings (SSSR count). The molecule has 0 aliphatic heterocycles. The maximum atomic E-state index is 13.3. The van der Waals surface area contributed by atoms with Crippen molar-refractivity contribution in [3.63, 3.8) is 0 Å². The Labute approximate surface area is 168 Å². The zero-order valence-electron chi connectivity index (χ0n) is 15.7. The lowest BCUT2D eigenvalue weighted by Crippen LogP contribution is -2.21. The largest absolute Gasteiger partial charge is 0.416 e. The van der Waals surface area contributed by atoms with Crippen molar-refractivity contribution in [3.8, 4) is 22.6 Å². The molecule has 2 aromatic heterocycles. The van der Waals surface area contributed by atoms with Crippen LogP contribution in [0.15, 0.2) is 77.7 Å². The average molecular weight is 413 g/mol. The number of pyridine rings is 1. The van der Waals surface area contributed by atoms with Crippen LogP contribution in [-0.2, 0) is 6.18 Å². The summed E-state index contributed by atoms with van der Waals surface area (Å²) in [7, 11) is 0. The Morgan fingerprint density at radius 1 is 0.900 bits per heavy atom. The van der Waals surface area contributed by atoms with Gasteiger partial charge in [0.05, 0.1) is 23.1 Å². The summed E-state index contributed by atoms with van der Waals surface area (Å²) >= 11 is 0. The molecule has 0 fully saturated rings. The van der Waals surface area contributed by atoms with E-state index in [1.165, 1.54) is 34.9 Å². The molecule has 30 heavy (non-hydrogen) atoms. The van der Waals surface area contributed by atoms with Crippen LogP contribution in [0.4, 0.5) is 17.6 Å². The summed E-state index contributed by atoms with van der Waals surface area (Å²) in [5, 5.41) is 4.26. The highest BCUT2D eigenvalue weighted by atomic mass is 19.4. The molecule has 8 heteroatoms. The molecule has 0 saturated heterocycles. The summed E-state index contributed by atoms with van der Waals surface area (Å²) in [6, 6.07) is 14.9. The molecule has 2 aromatic carbocycles. The predicted molar refractivity (Wildman–Crippen MR) is 104 cm³/mol. The van der Waals surface area contributed by atoms with Crippen molar-refractivity contribution >= 4 is 0 Å². The number of benzene rings is 2. The Morgan fingerprint density at radius 2 is 1.63 bits per heavy atom. The second-order valence-electron chi connectivity index (χ2n) is 6.66. The van der Waals surface area contributed by atoms with Gasteiger partial charge in [-0.05, 0) is 61.5 Å². The molecule has 152 valence electrons. The van der Waals surface area contributed by atoms with Crippen LogP contribution in [0.1, 0.15) is 11.3 Å². The predicted octanol–water partition coefficient (Wildman–Crippen LogP) is 5.16. The van der Waals surface area contributed by atoms with Gasteiger partial charge in [0.2, 0.25) is 0 Å². The molecule has 0 N–H and O–H groups in total. The Kier molecular flexibility index (Phi) is 4.77. The quantitative estimate of drug-likeness (QED) is 0.436. The zero-order chi connectivity index (χ0) is 21.5. The summed E-state index contributed by atoms with van der Waals surface area (Å²) in [5.74, 6) is -0.387. The van der Waals surface area contributed by atoms with Gasteiger partial charge in [-0.3, -0.25) is 9.36 Å². The first-order valence-corrected chi connectivity index (χ1v) is 8.96. The minimum atomic E-state index is -4.52. The molecule has 0 spiro atoms. The van der Waals surface area contributed by atoms with E-state index in [2.05, 4.69) is 5.10 Å². The van der Waals surface area contributed by atoms with Gasteiger partial charge in [-0.25, -0.2) is 9.07 Å². The van der Waals surface area contributed by atoms with Crippen molar-refractivity contribution in [1.82, 2.24) is 14.3 Å². The lowest BCUT2D eigenvalue weighted by atomic mass is 10.1. The summed E-state index contributed by atoms with van der Waals surface area (Å²) in [4.78, 5) is 12.5. The number of hydrogen-bond acceptors (Lipinski definition) is 2. The van der Waals surface area contributed by atoms with Crippen LogP contribution >= 0.6 is 0 Å². The minimum absolute atomic E-state index is 0.113. The van der Waals surface area contributed by atoms with Gasteiger partial charge in [-0.15, -0.1) is 0 Å². The highest BCUT2D eigenvalue weighted by Crippen LogP contribution is 2.31. The van der Waals surface area contributed by atoms with Crippen LogP contribution in [0, 0.1) is 12.7 Å². The maximum Gasteiger partial charge on any atom is 0.416 e. The van der Waals surface area contributed by atoms with E-state index in [4.69, 9.17) is 0 Å². The topological polar surface area (TPSA) is 39.8 Å². The van der Waals surface area contributed by atoms with Crippen LogP contribution in [-0.4, -0.2) is 14.3 Å². The van der Waals surface area contributed by atoms with Gasteiger partial charge in [0.15, 0.2) is 0 Å². The fourth-order valence-corrected chi connectivity index (χ4v) is 3.34. The number of alkyl halides is 3. The number of nitrogens with zero attached hydrogens (tertiary/aromatic N) is 3. The first-order valence-electron chi connectivity index (χ1n) is 8.96. The van der Waals surface area contributed by atoms with Crippen LogP contribution in [0.2, 0.25) is 0 Å². The van der Waals surface area contributed by atoms with Crippen molar-refractivity contribution < 1.29 is 17.6 Å². The van der Waals surface area contributed by atoms with Crippen molar-refractivity contribution in [1.29, 1.82) is 0 Å². The van der Waals surface area contributed by atoms with E-state index in [9.17, 15) is 22.4 Å². The van der Waals surface area contributed by atoms with Gasteiger partial charge in [0.25, 0.3) is 5.56 Å². The fourth-order valence-electron chi connectivity index (χ4n) is 3.34. The molecular formula is C22H15F4N3O. The Morgan fingerprint density at radius 3 is 2.33 bits per heavy atom. The second-order valence-corrected chi connectivity index (χ2v) is 6.66. The van der Waals surface area contributed by atoms with Crippen molar-refractivity contribution in [2.45, 2.75) is 13.1 Å². The lowest BCUT2D eigenvalue weighted by molar-refractivity contribution is -0.137. The summed E-state index contributed by atoms with van der Waals surface area (Å²) < 4.78 is 55.5. The molecule has 4 nitrogen and oxygen atoms in total. The highest BCUT2D eigenvalue weighted by Gasteiger charge is 2.30. The lowest BCUT2D eigenvalue weighted by Gasteiger charge is -2.16. The zero-order valence-corrected chi connectivity index (χ0v) is 15.7. The molecule has 2 heterocycles. The van der Waals surface area contributed by atoms with E-state index < -0.39 is 17.3 Å². The summed E-state index contributed by atoms with van der Waals surface area (Å²) in [6.45, 7) is 1.65. The minimum Gasteiger partial charge on any atom is -0.281 e. The Bertz CT molecular complexity index is 1270. The third kappa shape index (κ3) is 3.52. The molecule has 4 aromatic rings. The first-order chi connectivity index (χ1) is 14.3. The Balaban J connectivity index is 1.88. The van der Waals surface area contributed by atoms with Crippen LogP contribution in [0.25, 0.3) is 22.6 Å². The van der Waals surface area contributed by atoms with E-state index in [1.54, 1.807) is 42.1 Å². The van der Waals surface area contributed by atoms with Gasteiger partial charge in [-0.1, -0.05) is 6.07 Å². The van der Waals surface area contributed by atoms with Crippen molar-refractivity contribution in [2.24, 2.45) is 0 Å². The average Bonchev–Trinajstić information content (AvgIpc) is 3.18. The van der Waals surface area contributed by atoms with E-state index in [0.29, 0.717) is 22.6 Å². The molecule has 0 radical (unpaired) electrons. The maximum absolute atomic E-state index is 13.3. The van der Waals surface area contributed by atoms with Gasteiger partial charge >= 0.3 is 6.18 Å². The number of aromatic nitrogens is 3. The highest BCUT2D eigenvalue weighted by molar-refractivity contribution is 5.65. The van der Waals surface area contributed by atoms with Crippen LogP contribution in [0.5, 0.6) is 0 Å². The van der Waals surface area contributed by atoms with E-state index in [0.717, 1.165) is 12.1 Å². The van der Waals surface area contributed by atoms with Crippen LogP contribution < -0.4 is 5.56 Å². The Hall–Kier alpha value is -3.68. The summed E-state index contributed by atoms with van der Waals surface area (Å²) in [5.41, 5.74) is 1.09.